The number of amides is 5. The van der Waals surface area contributed by atoms with Gasteiger partial charge in [0.2, 0.25) is 29.4 Å². The molecule has 1 unspecified atom stereocenters. The van der Waals surface area contributed by atoms with Crippen LogP contribution in [-0.2, 0) is 40.7 Å². The molecule has 336 valence electrons. The third-order valence-electron chi connectivity index (χ3n) is 12.5. The molecule has 5 amide bonds. The summed E-state index contributed by atoms with van der Waals surface area (Å²) in [5.41, 5.74) is 1.42. The highest BCUT2D eigenvalue weighted by atomic mass is 16.2. The molecule has 0 radical (unpaired) electrons. The molecule has 2 aliphatic rings. The Morgan fingerprint density at radius 3 is 2.11 bits per heavy atom. The van der Waals surface area contributed by atoms with E-state index in [1.165, 1.54) is 0 Å². The van der Waals surface area contributed by atoms with E-state index in [1.807, 2.05) is 109 Å². The van der Waals surface area contributed by atoms with E-state index in [-0.39, 0.29) is 48.3 Å². The van der Waals surface area contributed by atoms with Gasteiger partial charge in [0.05, 0.1) is 12.1 Å². The van der Waals surface area contributed by atoms with Crippen molar-refractivity contribution in [1.82, 2.24) is 46.4 Å². The molecule has 5 rings (SSSR count). The van der Waals surface area contributed by atoms with Crippen LogP contribution < -0.4 is 21.3 Å². The Morgan fingerprint density at radius 1 is 0.806 bits per heavy atom. The number of likely N-dealkylation sites (tertiary alicyclic amines) is 1. The van der Waals surface area contributed by atoms with Gasteiger partial charge in [-0.1, -0.05) is 108 Å². The van der Waals surface area contributed by atoms with E-state index in [2.05, 4.69) is 36.7 Å². The van der Waals surface area contributed by atoms with E-state index in [1.54, 1.807) is 16.6 Å². The minimum atomic E-state index is -1.06. The van der Waals surface area contributed by atoms with Crippen LogP contribution in [0.2, 0.25) is 0 Å². The fraction of sp³-hybridized carbons (Fsp3) is 0.596. The van der Waals surface area contributed by atoms with Crippen molar-refractivity contribution in [2.24, 2.45) is 23.7 Å². The number of carbonyl (C=O) groups excluding carboxylic acids is 6. The van der Waals surface area contributed by atoms with Crippen molar-refractivity contribution in [1.29, 1.82) is 0 Å². The number of Topliss-reactive ketones (excluding diaryl/α,β-unsaturated/α-hetero) is 1. The van der Waals surface area contributed by atoms with Gasteiger partial charge in [-0.25, -0.2) is 0 Å². The Labute approximate surface area is 366 Å². The Bertz CT molecular complexity index is 2000. The van der Waals surface area contributed by atoms with Crippen molar-refractivity contribution in [3.63, 3.8) is 0 Å². The van der Waals surface area contributed by atoms with Gasteiger partial charge in [0.25, 0.3) is 5.91 Å². The maximum absolute atomic E-state index is 14.5. The van der Waals surface area contributed by atoms with Crippen LogP contribution in [0.1, 0.15) is 130 Å². The number of nitrogens with zero attached hydrogens (tertiary/aromatic N) is 5. The maximum Gasteiger partial charge on any atom is 0.290 e. The van der Waals surface area contributed by atoms with Gasteiger partial charge in [0.1, 0.15) is 23.7 Å². The molecule has 4 N–H and O–H groups in total. The lowest BCUT2D eigenvalue weighted by atomic mass is 9.92. The van der Waals surface area contributed by atoms with Crippen molar-refractivity contribution in [3.8, 4) is 0 Å². The summed E-state index contributed by atoms with van der Waals surface area (Å²) >= 11 is 0. The molecule has 0 bridgehead atoms. The van der Waals surface area contributed by atoms with Gasteiger partial charge in [-0.05, 0) is 92.9 Å². The first-order valence-electron chi connectivity index (χ1n) is 22.5. The molecule has 1 saturated carbocycles. The number of aryl methyl sites for hydroxylation is 1. The van der Waals surface area contributed by atoms with E-state index < -0.39 is 59.3 Å². The van der Waals surface area contributed by atoms with Crippen molar-refractivity contribution >= 4 is 35.3 Å². The standard InChI is InChI=1S/C47H67N9O6/c1-9-19-36(42(58)45(61)48-31(6)32-20-12-10-13-21-32)49-44(60)41-35-25-18-22-33(35)28-55(41)46(62)40(30(4)5)51-43(59)39(29(2)3)50-38(57)27-17-16-26-37-52-54-56(53-37)47(7,8)34-23-14-11-15-24-34/h10-15,20-21,23-24,29-31,33,35-36,39-41H,9,16-19,22,25-28H2,1-8H3,(H,48,61)(H,49,60)(H,50,57)(H,51,59)/t31-,33-,35-,36?,39-,40-,41-/m0/s1. The lowest BCUT2D eigenvalue weighted by molar-refractivity contribution is -0.145. The highest BCUT2D eigenvalue weighted by molar-refractivity contribution is 6.38. The Hall–Kier alpha value is -5.47. The van der Waals surface area contributed by atoms with Gasteiger partial charge in [0, 0.05) is 19.4 Å². The van der Waals surface area contributed by atoms with Crippen LogP contribution in [0.3, 0.4) is 0 Å². The van der Waals surface area contributed by atoms with E-state index in [0.29, 0.717) is 38.1 Å². The fourth-order valence-electron chi connectivity index (χ4n) is 8.76. The van der Waals surface area contributed by atoms with Gasteiger partial charge in [-0.2, -0.15) is 4.80 Å². The van der Waals surface area contributed by atoms with Crippen LogP contribution in [0.15, 0.2) is 60.7 Å². The van der Waals surface area contributed by atoms with Crippen LogP contribution in [-0.4, -0.2) is 91.1 Å². The zero-order valence-electron chi connectivity index (χ0n) is 37.7. The van der Waals surface area contributed by atoms with Crippen LogP contribution in [0.5, 0.6) is 0 Å². The summed E-state index contributed by atoms with van der Waals surface area (Å²) < 4.78 is 0. The van der Waals surface area contributed by atoms with E-state index in [0.717, 1.165) is 30.4 Å². The Kier molecular flexibility index (Phi) is 16.5. The molecule has 1 aromatic heterocycles. The Balaban J connectivity index is 1.18. The molecular weight excluding hydrogens is 787 g/mol. The molecule has 62 heavy (non-hydrogen) atoms. The fourth-order valence-corrected chi connectivity index (χ4v) is 8.76. The second kappa shape index (κ2) is 21.6. The quantitative estimate of drug-likeness (QED) is 0.0859. The summed E-state index contributed by atoms with van der Waals surface area (Å²) in [7, 11) is 0. The average molecular weight is 854 g/mol. The third-order valence-corrected chi connectivity index (χ3v) is 12.5. The van der Waals surface area contributed by atoms with Crippen molar-refractivity contribution in [2.45, 2.75) is 149 Å². The molecule has 2 heterocycles. The minimum absolute atomic E-state index is 0.0974. The molecule has 2 fully saturated rings. The maximum atomic E-state index is 14.5. The molecule has 15 heteroatoms. The minimum Gasteiger partial charge on any atom is -0.344 e. The molecule has 1 saturated heterocycles. The highest BCUT2D eigenvalue weighted by Crippen LogP contribution is 2.43. The normalized spacial score (nSPS) is 19.3. The molecule has 1 aliphatic heterocycles. The van der Waals surface area contributed by atoms with Crippen molar-refractivity contribution in [3.05, 3.63) is 77.6 Å². The number of fused-ring (bicyclic) bond motifs is 1. The second-order valence-electron chi connectivity index (χ2n) is 18.3. The number of nitrogens with one attached hydrogen (secondary N) is 4. The SMILES string of the molecule is CCCC(NC(=O)[C@@H]1[C@H]2CCC[C@H]2CN1C(=O)[C@@H](NC(=O)[C@@H](NC(=O)CCCCc1nnn(C(C)(C)c2ccccc2)n1)C(C)C)C(C)C)C(=O)C(=O)N[C@@H](C)c1ccccc1. The van der Waals surface area contributed by atoms with Gasteiger partial charge < -0.3 is 26.2 Å². The molecule has 0 spiro atoms. The monoisotopic (exact) mass is 854 g/mol. The first-order chi connectivity index (χ1) is 29.5. The van der Waals surface area contributed by atoms with Crippen LogP contribution >= 0.6 is 0 Å². The van der Waals surface area contributed by atoms with Gasteiger partial charge in [0.15, 0.2) is 5.82 Å². The zero-order chi connectivity index (χ0) is 45.1. The zero-order valence-corrected chi connectivity index (χ0v) is 37.7. The molecule has 2 aromatic carbocycles. The highest BCUT2D eigenvalue weighted by Gasteiger charge is 2.51. The molecule has 15 nitrogen and oxygen atoms in total. The van der Waals surface area contributed by atoms with E-state index in [9.17, 15) is 28.8 Å². The molecular formula is C47H67N9O6. The number of aromatic nitrogens is 4. The second-order valence-corrected chi connectivity index (χ2v) is 18.3. The first-order valence-corrected chi connectivity index (χ1v) is 22.5. The first kappa shape index (κ1) is 47.6. The van der Waals surface area contributed by atoms with Crippen LogP contribution in [0, 0.1) is 23.7 Å². The average Bonchev–Trinajstić information content (AvgIpc) is 4.01. The lowest BCUT2D eigenvalue weighted by Gasteiger charge is -2.34. The van der Waals surface area contributed by atoms with Gasteiger partial charge >= 0.3 is 0 Å². The van der Waals surface area contributed by atoms with Crippen LogP contribution in [0.4, 0.5) is 0 Å². The third kappa shape index (κ3) is 11.7. The van der Waals surface area contributed by atoms with Crippen molar-refractivity contribution in [2.75, 3.05) is 6.54 Å². The molecule has 3 aromatic rings. The van der Waals surface area contributed by atoms with Gasteiger partial charge in [-0.15, -0.1) is 10.2 Å². The lowest BCUT2D eigenvalue weighted by Crippen LogP contribution is -2.60. The van der Waals surface area contributed by atoms with E-state index >= 15 is 0 Å². The number of hydrogen-bond acceptors (Lipinski definition) is 9. The summed E-state index contributed by atoms with van der Waals surface area (Å²) in [6.07, 6.45) is 5.25. The summed E-state index contributed by atoms with van der Waals surface area (Å²) in [4.78, 5) is 85.7. The van der Waals surface area contributed by atoms with Crippen molar-refractivity contribution < 1.29 is 28.8 Å². The predicted octanol–water partition coefficient (Wildman–Crippen LogP) is 4.81. The summed E-state index contributed by atoms with van der Waals surface area (Å²) in [5, 5.41) is 24.6. The summed E-state index contributed by atoms with van der Waals surface area (Å²) in [6.45, 7) is 15.4. The topological polar surface area (TPSA) is 197 Å². The molecule has 7 atom stereocenters. The summed E-state index contributed by atoms with van der Waals surface area (Å²) in [6, 6.07) is 15.1. The number of benzene rings is 2. The predicted molar refractivity (Wildman–Crippen MR) is 235 cm³/mol. The number of tetrazole rings is 1. The number of carbonyl (C=O) groups is 6. The Morgan fingerprint density at radius 2 is 1.47 bits per heavy atom. The molecule has 1 aliphatic carbocycles. The number of rotatable bonds is 21. The number of hydrogen-bond donors (Lipinski definition) is 4. The number of unbranched alkanes of at least 4 members (excludes halogenated alkanes) is 1. The largest absolute Gasteiger partial charge is 0.344 e. The summed E-state index contributed by atoms with van der Waals surface area (Å²) in [5.74, 6) is -3.18. The van der Waals surface area contributed by atoms with E-state index in [4.69, 9.17) is 0 Å². The van der Waals surface area contributed by atoms with Crippen LogP contribution in [0.25, 0.3) is 0 Å². The smallest absolute Gasteiger partial charge is 0.290 e. The van der Waals surface area contributed by atoms with Gasteiger partial charge in [-0.3, -0.25) is 28.8 Å². The number of ketones is 1.